The van der Waals surface area contributed by atoms with Gasteiger partial charge in [0.2, 0.25) is 0 Å². The molecule has 1 aromatic heterocycles. The molecule has 1 rings (SSSR count). The maximum Gasteiger partial charge on any atom is 3.00 e. The first-order valence-corrected chi connectivity index (χ1v) is 6.99. The van der Waals surface area contributed by atoms with Crippen molar-refractivity contribution >= 4 is 25.0 Å². The Morgan fingerprint density at radius 1 is 1.50 bits per heavy atom. The molecule has 0 aliphatic rings. The van der Waals surface area contributed by atoms with Crippen molar-refractivity contribution in [1.29, 1.82) is 0 Å². The number of rotatable bonds is 2. The predicted octanol–water partition coefficient (Wildman–Crippen LogP) is 1.93. The van der Waals surface area contributed by atoms with Crippen molar-refractivity contribution in [2.45, 2.75) is 47.5 Å². The minimum absolute atomic E-state index is 0. The van der Waals surface area contributed by atoms with Gasteiger partial charge in [-0.15, -0.1) is 11.8 Å². The molecule has 0 spiro atoms. The number of imide groups is 1. The smallest absolute Gasteiger partial charge is 0.464 e. The molecular formula is C17H27N2O2Y. The van der Waals surface area contributed by atoms with E-state index in [1.165, 1.54) is 12.8 Å². The molecule has 120 valence electrons. The fraction of sp³-hybridized carbons (Fsp3) is 0.412. The van der Waals surface area contributed by atoms with Crippen LogP contribution in [0.15, 0.2) is 12.4 Å². The van der Waals surface area contributed by atoms with Crippen molar-refractivity contribution in [1.82, 2.24) is 10.3 Å². The van der Waals surface area contributed by atoms with Crippen LogP contribution in [0.5, 0.6) is 0 Å². The molecular weight excluding hydrogens is 353 g/mol. The zero-order valence-electron chi connectivity index (χ0n) is 14.4. The van der Waals surface area contributed by atoms with E-state index in [0.29, 0.717) is 0 Å². The van der Waals surface area contributed by atoms with Crippen LogP contribution in [0.1, 0.15) is 47.5 Å². The molecule has 0 radical (unpaired) electrons. The van der Waals surface area contributed by atoms with E-state index in [2.05, 4.69) is 38.4 Å². The number of nitrogens with zero attached hydrogens (tertiary/aromatic N) is 1. The summed E-state index contributed by atoms with van der Waals surface area (Å²) in [4.78, 5) is 23.1. The van der Waals surface area contributed by atoms with E-state index >= 15 is 0 Å². The Morgan fingerprint density at radius 2 is 2.00 bits per heavy atom. The zero-order chi connectivity index (χ0) is 17.1. The second-order valence-corrected chi connectivity index (χ2v) is 3.39. The SMILES string of the molecule is C=c1cnc[c-]/c1=C/C.CC.CCC.[CH2-]CC(=O)N[C-]=O.[Y+3]. The zero-order valence-corrected chi connectivity index (χ0v) is 17.2. The quantitative estimate of drug-likeness (QED) is 0.630. The molecule has 0 bridgehead atoms. The second kappa shape index (κ2) is 25.1. The van der Waals surface area contributed by atoms with E-state index in [9.17, 15) is 9.59 Å². The Kier molecular flexibility index (Phi) is 33.3. The summed E-state index contributed by atoms with van der Waals surface area (Å²) in [5, 5.41) is 3.75. The van der Waals surface area contributed by atoms with Crippen LogP contribution < -0.4 is 15.8 Å². The number of amides is 2. The molecule has 2 amide bonds. The van der Waals surface area contributed by atoms with Crippen LogP contribution in [0.2, 0.25) is 0 Å². The average Bonchev–Trinajstić information content (AvgIpc) is 2.51. The third-order valence-electron chi connectivity index (χ3n) is 1.58. The summed E-state index contributed by atoms with van der Waals surface area (Å²) >= 11 is 0. The van der Waals surface area contributed by atoms with Gasteiger partial charge in [-0.25, -0.2) is 0 Å². The summed E-state index contributed by atoms with van der Waals surface area (Å²) in [5.74, 6) is -0.407. The molecule has 4 nitrogen and oxygen atoms in total. The number of hydrogen-bond donors (Lipinski definition) is 1. The van der Waals surface area contributed by atoms with Gasteiger partial charge in [0.15, 0.2) is 0 Å². The second-order valence-electron chi connectivity index (χ2n) is 3.39. The Labute approximate surface area is 160 Å². The third kappa shape index (κ3) is 21.4. The Morgan fingerprint density at radius 3 is 2.23 bits per heavy atom. The summed E-state index contributed by atoms with van der Waals surface area (Å²) in [5.41, 5.74) is 0. The Balaban J connectivity index is -0.000000112. The van der Waals surface area contributed by atoms with E-state index in [1.807, 2.05) is 26.8 Å². The third-order valence-corrected chi connectivity index (χ3v) is 1.58. The Hall–Kier alpha value is -0.866. The fourth-order valence-electron chi connectivity index (χ4n) is 0.784. The number of pyridine rings is 1. The summed E-state index contributed by atoms with van der Waals surface area (Å²) < 4.78 is 0. The molecule has 0 saturated heterocycles. The van der Waals surface area contributed by atoms with E-state index in [0.717, 1.165) is 10.4 Å². The standard InChI is InChI=1S/C8H8N.C4H5NO2.C3H8.C2H6.Y/c1-3-8-4-5-9-6-7(8)2;1-2-4(7)5-3-6;1-3-2;1-2;/h3,5-6H,2H2,1H3;1-2H2,(H,5,6,7);3H2,1-2H3;1-2H3;/q-1;-2;;;+3/b8-3-;;;;. The van der Waals surface area contributed by atoms with Crippen molar-refractivity contribution < 1.29 is 42.3 Å². The molecule has 0 unspecified atom stereocenters. The van der Waals surface area contributed by atoms with Crippen molar-refractivity contribution in [2.75, 3.05) is 0 Å². The summed E-state index contributed by atoms with van der Waals surface area (Å²) in [6.07, 6.45) is 7.89. The van der Waals surface area contributed by atoms with Crippen molar-refractivity contribution in [3.05, 3.63) is 35.8 Å². The van der Waals surface area contributed by atoms with E-state index in [1.54, 1.807) is 17.7 Å². The molecule has 5 heteroatoms. The van der Waals surface area contributed by atoms with Gasteiger partial charge in [-0.3, -0.25) is 4.98 Å². The number of nitrogens with one attached hydrogen (secondary N) is 1. The van der Waals surface area contributed by atoms with Crippen LogP contribution in [0.4, 0.5) is 0 Å². The summed E-state index contributed by atoms with van der Waals surface area (Å²) in [6.45, 7) is 17.2. The molecule has 1 aromatic rings. The first-order chi connectivity index (χ1) is 10.1. The Bertz CT molecular complexity index is 462. The number of carbonyl (C=O) groups is 1. The van der Waals surface area contributed by atoms with Gasteiger partial charge in [-0.05, 0) is 12.4 Å². The number of aromatic nitrogens is 1. The predicted molar refractivity (Wildman–Crippen MR) is 89.1 cm³/mol. The minimum Gasteiger partial charge on any atom is -0.464 e. The largest absolute Gasteiger partial charge is 3.00 e. The number of hydrogen-bond acceptors (Lipinski definition) is 3. The van der Waals surface area contributed by atoms with E-state index in [-0.39, 0.29) is 39.1 Å². The van der Waals surface area contributed by atoms with Gasteiger partial charge in [0, 0.05) is 5.91 Å². The summed E-state index contributed by atoms with van der Waals surface area (Å²) in [7, 11) is 0. The maximum absolute atomic E-state index is 9.98. The molecule has 0 fully saturated rings. The molecule has 22 heavy (non-hydrogen) atoms. The van der Waals surface area contributed by atoms with Gasteiger partial charge in [-0.1, -0.05) is 41.0 Å². The molecule has 0 aliphatic heterocycles. The first-order valence-electron chi connectivity index (χ1n) is 6.99. The van der Waals surface area contributed by atoms with E-state index in [4.69, 9.17) is 0 Å². The van der Waals surface area contributed by atoms with Gasteiger partial charge in [0.05, 0.1) is 6.41 Å². The van der Waals surface area contributed by atoms with Crippen LogP contribution in [0.25, 0.3) is 12.7 Å². The van der Waals surface area contributed by atoms with Crippen LogP contribution >= 0.6 is 0 Å². The van der Waals surface area contributed by atoms with Gasteiger partial charge in [-0.2, -0.15) is 23.8 Å². The molecule has 0 saturated carbocycles. The fourth-order valence-corrected chi connectivity index (χ4v) is 0.784. The van der Waals surface area contributed by atoms with Gasteiger partial charge in [0.1, 0.15) is 0 Å². The first kappa shape index (κ1) is 29.2. The van der Waals surface area contributed by atoms with Crippen LogP contribution in [0, 0.1) is 13.0 Å². The molecule has 0 aromatic carbocycles. The summed E-state index contributed by atoms with van der Waals surface area (Å²) in [6, 6.07) is 2.96. The minimum atomic E-state index is -0.407. The number of carbonyl (C=O) groups excluding carboxylic acids is 2. The van der Waals surface area contributed by atoms with E-state index < -0.39 is 5.91 Å². The van der Waals surface area contributed by atoms with Gasteiger partial charge in [0.25, 0.3) is 0 Å². The topological polar surface area (TPSA) is 59.1 Å². The monoisotopic (exact) mass is 380 g/mol. The van der Waals surface area contributed by atoms with Gasteiger partial charge >= 0.3 is 32.7 Å². The normalized spacial score (nSPS) is 8.36. The van der Waals surface area contributed by atoms with Crippen molar-refractivity contribution in [2.24, 2.45) is 0 Å². The van der Waals surface area contributed by atoms with Gasteiger partial charge < -0.3 is 21.8 Å². The van der Waals surface area contributed by atoms with Crippen LogP contribution in [-0.2, 0) is 42.3 Å². The van der Waals surface area contributed by atoms with Crippen molar-refractivity contribution in [3.63, 3.8) is 0 Å². The molecule has 0 atom stereocenters. The molecule has 1 N–H and O–H groups in total. The molecule has 0 aliphatic carbocycles. The van der Waals surface area contributed by atoms with Crippen molar-refractivity contribution in [3.8, 4) is 0 Å². The maximum atomic E-state index is 9.98. The van der Waals surface area contributed by atoms with Crippen LogP contribution in [-0.4, -0.2) is 17.3 Å². The average molecular weight is 380 g/mol. The molecule has 1 heterocycles. The van der Waals surface area contributed by atoms with Crippen LogP contribution in [0.3, 0.4) is 0 Å².